The summed E-state index contributed by atoms with van der Waals surface area (Å²) in [7, 11) is 0. The van der Waals surface area contributed by atoms with E-state index in [4.69, 9.17) is 9.84 Å². The van der Waals surface area contributed by atoms with Gasteiger partial charge in [-0.25, -0.2) is 4.79 Å². The minimum atomic E-state index is -1.06. The smallest absolute Gasteiger partial charge is 0.344 e. The summed E-state index contributed by atoms with van der Waals surface area (Å²) in [5.74, 6) is -1.18. The van der Waals surface area contributed by atoms with Crippen molar-refractivity contribution in [3.8, 4) is 11.8 Å². The van der Waals surface area contributed by atoms with E-state index in [0.717, 1.165) is 0 Å². The van der Waals surface area contributed by atoms with E-state index in [1.807, 2.05) is 12.1 Å². The molecule has 2 aromatic carbocycles. The van der Waals surface area contributed by atoms with Crippen molar-refractivity contribution < 1.29 is 19.4 Å². The van der Waals surface area contributed by atoms with Gasteiger partial charge in [0, 0.05) is 5.69 Å². The fourth-order valence-electron chi connectivity index (χ4n) is 1.93. The number of benzene rings is 2. The van der Waals surface area contributed by atoms with Crippen LogP contribution in [0, 0.1) is 11.3 Å². The van der Waals surface area contributed by atoms with Gasteiger partial charge in [0.2, 0.25) is 0 Å². The molecule has 1 atom stereocenters. The molecule has 1 amide bonds. The zero-order valence-corrected chi connectivity index (χ0v) is 13.5. The van der Waals surface area contributed by atoms with Crippen molar-refractivity contribution in [3.05, 3.63) is 65.7 Å². The normalized spacial score (nSPS) is 11.9. The summed E-state index contributed by atoms with van der Waals surface area (Å²) in [4.78, 5) is 22.9. The fraction of sp³-hybridized carbons (Fsp3) is 0.105. The van der Waals surface area contributed by atoms with Crippen molar-refractivity contribution in [2.75, 3.05) is 5.32 Å². The summed E-state index contributed by atoms with van der Waals surface area (Å²) in [5.41, 5.74) is 1.17. The fourth-order valence-corrected chi connectivity index (χ4v) is 1.93. The van der Waals surface area contributed by atoms with Gasteiger partial charge in [-0.05, 0) is 42.8 Å². The second-order valence-corrected chi connectivity index (χ2v) is 5.16. The number of carboxylic acids is 1. The Morgan fingerprint density at radius 1 is 1.16 bits per heavy atom. The van der Waals surface area contributed by atoms with Gasteiger partial charge in [-0.15, -0.1) is 0 Å². The van der Waals surface area contributed by atoms with Crippen LogP contribution in [0.3, 0.4) is 0 Å². The van der Waals surface area contributed by atoms with Gasteiger partial charge >= 0.3 is 5.97 Å². The molecule has 0 aliphatic carbocycles. The Morgan fingerprint density at radius 3 is 2.36 bits per heavy atom. The van der Waals surface area contributed by atoms with Crippen molar-refractivity contribution in [3.63, 3.8) is 0 Å². The molecule has 2 aromatic rings. The molecule has 0 saturated carbocycles. The lowest BCUT2D eigenvalue weighted by atomic mass is 10.1. The molecule has 2 rings (SSSR count). The topological polar surface area (TPSA) is 99.4 Å². The second kappa shape index (κ2) is 8.31. The first kappa shape index (κ1) is 17.8. The maximum Gasteiger partial charge on any atom is 0.344 e. The number of hydrogen-bond donors (Lipinski definition) is 2. The Labute approximate surface area is 145 Å². The number of amides is 1. The molecule has 0 aliphatic heterocycles. The molecule has 0 aromatic heterocycles. The number of para-hydroxylation sites is 1. The molecule has 0 fully saturated rings. The van der Waals surface area contributed by atoms with E-state index >= 15 is 0 Å². The van der Waals surface area contributed by atoms with Crippen LogP contribution >= 0.6 is 0 Å². The highest BCUT2D eigenvalue weighted by molar-refractivity contribution is 6.09. The summed E-state index contributed by atoms with van der Waals surface area (Å²) < 4.78 is 5.22. The van der Waals surface area contributed by atoms with E-state index in [-0.39, 0.29) is 5.57 Å². The lowest BCUT2D eigenvalue weighted by molar-refractivity contribution is -0.144. The van der Waals surface area contributed by atoms with Gasteiger partial charge < -0.3 is 15.2 Å². The van der Waals surface area contributed by atoms with Crippen LogP contribution in [0.15, 0.2) is 60.2 Å². The zero-order chi connectivity index (χ0) is 18.2. The second-order valence-electron chi connectivity index (χ2n) is 5.16. The first-order valence-corrected chi connectivity index (χ1v) is 7.47. The molecule has 0 bridgehead atoms. The van der Waals surface area contributed by atoms with Crippen LogP contribution in [0.4, 0.5) is 5.69 Å². The lowest BCUT2D eigenvalue weighted by Gasteiger charge is -2.10. The van der Waals surface area contributed by atoms with Crippen LogP contribution in [-0.4, -0.2) is 23.1 Å². The van der Waals surface area contributed by atoms with Crippen molar-refractivity contribution in [1.29, 1.82) is 5.26 Å². The van der Waals surface area contributed by atoms with Gasteiger partial charge in [0.05, 0.1) is 0 Å². The third kappa shape index (κ3) is 5.22. The van der Waals surface area contributed by atoms with Gasteiger partial charge in [-0.3, -0.25) is 4.79 Å². The largest absolute Gasteiger partial charge is 0.479 e. The number of nitrogens with one attached hydrogen (secondary N) is 1. The van der Waals surface area contributed by atoms with Gasteiger partial charge in [0.1, 0.15) is 17.4 Å². The van der Waals surface area contributed by atoms with Crippen LogP contribution < -0.4 is 10.1 Å². The minimum Gasteiger partial charge on any atom is -0.479 e. The quantitative estimate of drug-likeness (QED) is 0.624. The third-order valence-electron chi connectivity index (χ3n) is 3.25. The van der Waals surface area contributed by atoms with Crippen molar-refractivity contribution in [2.24, 2.45) is 0 Å². The predicted molar refractivity (Wildman–Crippen MR) is 92.8 cm³/mol. The SMILES string of the molecule is CC(Oc1ccc(C=C(C#N)C(=O)Nc2ccccc2)cc1)C(=O)O. The molecule has 0 aliphatic rings. The average Bonchev–Trinajstić information content (AvgIpc) is 2.61. The number of hydrogen-bond acceptors (Lipinski definition) is 4. The highest BCUT2D eigenvalue weighted by Gasteiger charge is 2.12. The van der Waals surface area contributed by atoms with Crippen LogP contribution in [0.1, 0.15) is 12.5 Å². The molecule has 0 spiro atoms. The number of aliphatic carboxylic acids is 1. The van der Waals surface area contributed by atoms with Gasteiger partial charge in [0.15, 0.2) is 6.10 Å². The Bertz CT molecular complexity index is 821. The molecule has 0 radical (unpaired) electrons. The van der Waals surface area contributed by atoms with E-state index in [9.17, 15) is 14.9 Å². The van der Waals surface area contributed by atoms with Gasteiger partial charge in [0.25, 0.3) is 5.91 Å². The molecule has 0 saturated heterocycles. The Hall–Kier alpha value is -3.59. The molecule has 0 heterocycles. The summed E-state index contributed by atoms with van der Waals surface area (Å²) in [6.45, 7) is 1.43. The molecular weight excluding hydrogens is 320 g/mol. The summed E-state index contributed by atoms with van der Waals surface area (Å²) in [6.07, 6.45) is 0.482. The first-order chi connectivity index (χ1) is 12.0. The van der Waals surface area contributed by atoms with Crippen LogP contribution in [0.25, 0.3) is 6.08 Å². The summed E-state index contributed by atoms with van der Waals surface area (Å²) in [5, 5.41) is 20.7. The number of nitrogens with zero attached hydrogens (tertiary/aromatic N) is 1. The minimum absolute atomic E-state index is 0.0450. The third-order valence-corrected chi connectivity index (χ3v) is 3.25. The van der Waals surface area contributed by atoms with Crippen LogP contribution in [0.5, 0.6) is 5.75 Å². The van der Waals surface area contributed by atoms with Crippen LogP contribution in [0.2, 0.25) is 0 Å². The Balaban J connectivity index is 2.10. The van der Waals surface area contributed by atoms with E-state index in [1.54, 1.807) is 48.5 Å². The maximum absolute atomic E-state index is 12.1. The molecule has 126 valence electrons. The highest BCUT2D eigenvalue weighted by atomic mass is 16.5. The zero-order valence-electron chi connectivity index (χ0n) is 13.5. The molecule has 25 heavy (non-hydrogen) atoms. The van der Waals surface area contributed by atoms with Crippen molar-refractivity contribution >= 4 is 23.6 Å². The van der Waals surface area contributed by atoms with Gasteiger partial charge in [-0.2, -0.15) is 5.26 Å². The number of carbonyl (C=O) groups excluding carboxylic acids is 1. The Kier molecular flexibility index (Phi) is 5.91. The standard InChI is InChI=1S/C19H16N2O4/c1-13(19(23)24)25-17-9-7-14(8-10-17)11-15(12-20)18(22)21-16-5-3-2-4-6-16/h2-11,13H,1H3,(H,21,22)(H,23,24). The molecule has 1 unspecified atom stereocenters. The summed E-state index contributed by atoms with van der Waals surface area (Å²) >= 11 is 0. The van der Waals surface area contributed by atoms with Crippen molar-refractivity contribution in [2.45, 2.75) is 13.0 Å². The maximum atomic E-state index is 12.1. The van der Waals surface area contributed by atoms with Crippen molar-refractivity contribution in [1.82, 2.24) is 0 Å². The molecule has 2 N–H and O–H groups in total. The first-order valence-electron chi connectivity index (χ1n) is 7.47. The van der Waals surface area contributed by atoms with E-state index in [0.29, 0.717) is 17.0 Å². The predicted octanol–water partition coefficient (Wildman–Crippen LogP) is 3.08. The number of ether oxygens (including phenoxy) is 1. The number of carboxylic acid groups (broad SMARTS) is 1. The van der Waals surface area contributed by atoms with E-state index in [1.165, 1.54) is 13.0 Å². The number of carbonyl (C=O) groups is 2. The lowest BCUT2D eigenvalue weighted by Crippen LogP contribution is -2.22. The van der Waals surface area contributed by atoms with E-state index in [2.05, 4.69) is 5.32 Å². The number of rotatable bonds is 6. The van der Waals surface area contributed by atoms with Gasteiger partial charge in [-0.1, -0.05) is 30.3 Å². The monoisotopic (exact) mass is 336 g/mol. The Morgan fingerprint density at radius 2 is 1.80 bits per heavy atom. The van der Waals surface area contributed by atoms with E-state index < -0.39 is 18.0 Å². The molecular formula is C19H16N2O4. The summed E-state index contributed by atoms with van der Waals surface area (Å²) in [6, 6.07) is 17.1. The average molecular weight is 336 g/mol. The molecule has 6 heteroatoms. The van der Waals surface area contributed by atoms with Crippen LogP contribution in [-0.2, 0) is 9.59 Å². The molecule has 6 nitrogen and oxygen atoms in total. The number of nitriles is 1. The number of anilines is 1. The highest BCUT2D eigenvalue weighted by Crippen LogP contribution is 2.17.